The van der Waals surface area contributed by atoms with Gasteiger partial charge >= 0.3 is 5.97 Å². The number of carbonyl (C=O) groups is 2. The van der Waals surface area contributed by atoms with Crippen LogP contribution < -0.4 is 10.6 Å². The summed E-state index contributed by atoms with van der Waals surface area (Å²) in [6.07, 6.45) is 1.03. The molecule has 0 radical (unpaired) electrons. The molecule has 2 aliphatic rings. The molecule has 4 rings (SSSR count). The average molecular weight is 530 g/mol. The molecular formula is C26H26BrClN2O3. The van der Waals surface area contributed by atoms with E-state index in [0.29, 0.717) is 23.4 Å². The second-order valence-electron chi connectivity index (χ2n) is 9.12. The molecule has 1 atom stereocenters. The minimum absolute atomic E-state index is 0.0161. The lowest BCUT2D eigenvalue weighted by Crippen LogP contribution is -2.43. The molecular weight excluding hydrogens is 504 g/mol. The van der Waals surface area contributed by atoms with Gasteiger partial charge < -0.3 is 10.5 Å². The maximum Gasteiger partial charge on any atom is 0.338 e. The van der Waals surface area contributed by atoms with Crippen molar-refractivity contribution >= 4 is 45.0 Å². The highest BCUT2D eigenvalue weighted by Crippen LogP contribution is 2.50. The van der Waals surface area contributed by atoms with E-state index in [2.05, 4.69) is 29.8 Å². The molecule has 1 aliphatic heterocycles. The standard InChI is InChI=1S/C26H26BrClN2O3/c1-4-33-25(32)23-21(15-5-7-16(27)8-6-15)22-19(13-26(2,3)14-20(22)31)30(24(23)29)18-11-9-17(28)10-12-18/h5-12,21H,4,13-14,29H2,1-3H3. The number of hydrogen-bond donors (Lipinski definition) is 1. The second kappa shape index (κ2) is 8.99. The molecule has 0 bridgehead atoms. The van der Waals surface area contributed by atoms with Gasteiger partial charge in [-0.2, -0.15) is 0 Å². The number of allylic oxidation sites excluding steroid dienone is 2. The van der Waals surface area contributed by atoms with Crippen molar-refractivity contribution in [3.8, 4) is 0 Å². The summed E-state index contributed by atoms with van der Waals surface area (Å²) < 4.78 is 6.33. The van der Waals surface area contributed by atoms with Crippen molar-refractivity contribution in [1.29, 1.82) is 0 Å². The Morgan fingerprint density at radius 2 is 1.79 bits per heavy atom. The lowest BCUT2D eigenvalue weighted by molar-refractivity contribution is -0.138. The highest BCUT2D eigenvalue weighted by Gasteiger charge is 2.46. The number of benzene rings is 2. The maximum atomic E-state index is 13.6. The van der Waals surface area contributed by atoms with Gasteiger partial charge in [-0.3, -0.25) is 9.69 Å². The van der Waals surface area contributed by atoms with Crippen LogP contribution in [0.1, 0.15) is 45.1 Å². The molecule has 1 unspecified atom stereocenters. The van der Waals surface area contributed by atoms with Crippen molar-refractivity contribution in [2.75, 3.05) is 11.5 Å². The third kappa shape index (κ3) is 4.46. The molecule has 0 aromatic heterocycles. The number of esters is 1. The van der Waals surface area contributed by atoms with E-state index < -0.39 is 11.9 Å². The van der Waals surface area contributed by atoms with Gasteiger partial charge in [-0.15, -0.1) is 0 Å². The number of Topliss-reactive ketones (excluding diaryl/α,β-unsaturated/α-hetero) is 1. The van der Waals surface area contributed by atoms with Crippen LogP contribution in [0.5, 0.6) is 0 Å². The molecule has 0 amide bonds. The molecule has 7 heteroatoms. The molecule has 2 N–H and O–H groups in total. The predicted octanol–water partition coefficient (Wildman–Crippen LogP) is 6.08. The third-order valence-electron chi connectivity index (χ3n) is 6.04. The van der Waals surface area contributed by atoms with Crippen LogP contribution in [-0.2, 0) is 14.3 Å². The quantitative estimate of drug-likeness (QED) is 0.486. The van der Waals surface area contributed by atoms with E-state index in [1.54, 1.807) is 19.1 Å². The molecule has 172 valence electrons. The first-order chi connectivity index (χ1) is 15.6. The summed E-state index contributed by atoms with van der Waals surface area (Å²) in [6, 6.07) is 14.8. The highest BCUT2D eigenvalue weighted by molar-refractivity contribution is 9.10. The van der Waals surface area contributed by atoms with Crippen LogP contribution in [-0.4, -0.2) is 18.4 Å². The SMILES string of the molecule is CCOC(=O)C1=C(N)N(c2ccc(Cl)cc2)C2=C(C(=O)CC(C)(C)C2)C1c1ccc(Br)cc1. The highest BCUT2D eigenvalue weighted by atomic mass is 79.9. The van der Waals surface area contributed by atoms with Gasteiger partial charge in [0.25, 0.3) is 0 Å². The number of nitrogens with two attached hydrogens (primary N) is 1. The molecule has 2 aromatic rings. The van der Waals surface area contributed by atoms with Gasteiger partial charge in [0.1, 0.15) is 5.82 Å². The van der Waals surface area contributed by atoms with E-state index in [1.807, 2.05) is 41.3 Å². The lowest BCUT2D eigenvalue weighted by atomic mass is 9.68. The Hall–Kier alpha value is -2.57. The summed E-state index contributed by atoms with van der Waals surface area (Å²) in [7, 11) is 0. The smallest absolute Gasteiger partial charge is 0.338 e. The van der Waals surface area contributed by atoms with Gasteiger partial charge in [-0.1, -0.05) is 53.5 Å². The van der Waals surface area contributed by atoms with E-state index in [-0.39, 0.29) is 29.2 Å². The number of rotatable bonds is 4. The third-order valence-corrected chi connectivity index (χ3v) is 6.82. The average Bonchev–Trinajstić information content (AvgIpc) is 2.74. The monoisotopic (exact) mass is 528 g/mol. The normalized spacial score (nSPS) is 20.1. The molecule has 0 saturated heterocycles. The van der Waals surface area contributed by atoms with Crippen LogP contribution >= 0.6 is 27.5 Å². The first-order valence-electron chi connectivity index (χ1n) is 10.9. The van der Waals surface area contributed by atoms with Crippen LogP contribution in [0, 0.1) is 5.41 Å². The summed E-state index contributed by atoms with van der Waals surface area (Å²) in [5, 5.41) is 0.589. The number of anilines is 1. The Labute approximate surface area is 207 Å². The minimum atomic E-state index is -0.598. The zero-order valence-corrected chi connectivity index (χ0v) is 21.2. The summed E-state index contributed by atoms with van der Waals surface area (Å²) in [5.74, 6) is -0.833. The minimum Gasteiger partial charge on any atom is -0.463 e. The van der Waals surface area contributed by atoms with Gasteiger partial charge in [-0.25, -0.2) is 4.79 Å². The number of nitrogens with zero attached hydrogens (tertiary/aromatic N) is 1. The van der Waals surface area contributed by atoms with Crippen LogP contribution in [0.3, 0.4) is 0 Å². The second-order valence-corrected chi connectivity index (χ2v) is 10.5. The summed E-state index contributed by atoms with van der Waals surface area (Å²) in [6.45, 7) is 6.10. The Morgan fingerprint density at radius 3 is 2.39 bits per heavy atom. The molecule has 33 heavy (non-hydrogen) atoms. The number of hydrogen-bond acceptors (Lipinski definition) is 5. The van der Waals surface area contributed by atoms with E-state index in [9.17, 15) is 9.59 Å². The van der Waals surface area contributed by atoms with Crippen molar-refractivity contribution in [2.45, 2.75) is 39.5 Å². The molecule has 5 nitrogen and oxygen atoms in total. The van der Waals surface area contributed by atoms with E-state index >= 15 is 0 Å². The fourth-order valence-electron chi connectivity index (χ4n) is 4.69. The topological polar surface area (TPSA) is 72.6 Å². The van der Waals surface area contributed by atoms with Gasteiger partial charge in [-0.05, 0) is 60.7 Å². The predicted molar refractivity (Wildman–Crippen MR) is 134 cm³/mol. The number of ketones is 1. The fraction of sp³-hybridized carbons (Fsp3) is 0.308. The first-order valence-corrected chi connectivity index (χ1v) is 12.0. The molecule has 2 aromatic carbocycles. The van der Waals surface area contributed by atoms with Crippen molar-refractivity contribution in [3.63, 3.8) is 0 Å². The number of halogens is 2. The summed E-state index contributed by atoms with van der Waals surface area (Å²) in [4.78, 5) is 28.7. The van der Waals surface area contributed by atoms with E-state index in [4.69, 9.17) is 22.1 Å². The van der Waals surface area contributed by atoms with E-state index in [1.165, 1.54) is 0 Å². The lowest BCUT2D eigenvalue weighted by Gasteiger charge is -2.44. The van der Waals surface area contributed by atoms with Gasteiger partial charge in [0.2, 0.25) is 0 Å². The summed E-state index contributed by atoms with van der Waals surface area (Å²) >= 11 is 9.59. The Bertz CT molecular complexity index is 1170. The zero-order chi connectivity index (χ0) is 23.9. The van der Waals surface area contributed by atoms with Crippen LogP contribution in [0.25, 0.3) is 0 Å². The fourth-order valence-corrected chi connectivity index (χ4v) is 5.08. The maximum absolute atomic E-state index is 13.6. The van der Waals surface area contributed by atoms with Crippen molar-refractivity contribution in [2.24, 2.45) is 11.1 Å². The van der Waals surface area contributed by atoms with Crippen LogP contribution in [0.2, 0.25) is 5.02 Å². The van der Waals surface area contributed by atoms with Gasteiger partial charge in [0.15, 0.2) is 5.78 Å². The Morgan fingerprint density at radius 1 is 1.15 bits per heavy atom. The van der Waals surface area contributed by atoms with Crippen molar-refractivity contribution < 1.29 is 14.3 Å². The Kier molecular flexibility index (Phi) is 6.43. The van der Waals surface area contributed by atoms with Crippen LogP contribution in [0.15, 0.2) is 75.7 Å². The van der Waals surface area contributed by atoms with Gasteiger partial charge in [0, 0.05) is 32.9 Å². The molecule has 0 saturated carbocycles. The first kappa shape index (κ1) is 23.6. The van der Waals surface area contributed by atoms with E-state index in [0.717, 1.165) is 21.4 Å². The number of ether oxygens (including phenoxy) is 1. The molecule has 0 spiro atoms. The zero-order valence-electron chi connectivity index (χ0n) is 18.8. The van der Waals surface area contributed by atoms with Crippen molar-refractivity contribution in [1.82, 2.24) is 0 Å². The molecule has 1 aliphatic carbocycles. The van der Waals surface area contributed by atoms with Crippen molar-refractivity contribution in [3.05, 3.63) is 86.3 Å². The molecule has 1 heterocycles. The Balaban J connectivity index is 2.01. The molecule has 0 fully saturated rings. The number of carbonyl (C=O) groups excluding carboxylic acids is 2. The summed E-state index contributed by atoms with van der Waals surface area (Å²) in [5.41, 5.74) is 9.75. The van der Waals surface area contributed by atoms with Crippen LogP contribution in [0.4, 0.5) is 5.69 Å². The largest absolute Gasteiger partial charge is 0.463 e. The van der Waals surface area contributed by atoms with Gasteiger partial charge in [0.05, 0.1) is 18.1 Å².